The van der Waals surface area contributed by atoms with Gasteiger partial charge in [-0.25, -0.2) is 24.6 Å². The molecule has 1 fully saturated rings. The molecule has 1 atom stereocenters. The van der Waals surface area contributed by atoms with E-state index in [0.29, 0.717) is 23.5 Å². The molecule has 0 saturated heterocycles. The Bertz CT molecular complexity index is 1120. The summed E-state index contributed by atoms with van der Waals surface area (Å²) in [5.74, 6) is 2.49. The topological polar surface area (TPSA) is 90.6 Å². The summed E-state index contributed by atoms with van der Waals surface area (Å²) in [4.78, 5) is 17.1. The normalized spacial score (nSPS) is 15.9. The van der Waals surface area contributed by atoms with Crippen molar-refractivity contribution in [1.82, 2.24) is 29.7 Å². The molecule has 1 saturated carbocycles. The van der Waals surface area contributed by atoms with Gasteiger partial charge in [-0.1, -0.05) is 30.6 Å². The van der Waals surface area contributed by atoms with Gasteiger partial charge >= 0.3 is 0 Å². The molecule has 3 aromatic heterocycles. The van der Waals surface area contributed by atoms with Gasteiger partial charge < -0.3 is 10.1 Å². The smallest absolute Gasteiger partial charge is 0.224 e. The van der Waals surface area contributed by atoms with E-state index in [2.05, 4.69) is 32.3 Å². The molecular formula is C21H23N7OS. The Morgan fingerprint density at radius 2 is 2.03 bits per heavy atom. The minimum atomic E-state index is 0.442. The fourth-order valence-corrected chi connectivity index (χ4v) is 4.93. The van der Waals surface area contributed by atoms with Crippen LogP contribution in [0.3, 0.4) is 0 Å². The summed E-state index contributed by atoms with van der Waals surface area (Å²) >= 11 is 1.66. The molecule has 154 valence electrons. The van der Waals surface area contributed by atoms with E-state index in [-0.39, 0.29) is 0 Å². The van der Waals surface area contributed by atoms with E-state index in [4.69, 9.17) is 9.72 Å². The zero-order valence-corrected chi connectivity index (χ0v) is 17.5. The van der Waals surface area contributed by atoms with E-state index in [1.165, 1.54) is 44.8 Å². The van der Waals surface area contributed by atoms with Gasteiger partial charge in [-0.2, -0.15) is 5.10 Å². The summed E-state index contributed by atoms with van der Waals surface area (Å²) in [6.45, 7) is 2.28. The average molecular weight is 422 g/mol. The minimum Gasteiger partial charge on any atom is -0.439 e. The van der Waals surface area contributed by atoms with Crippen LogP contribution < -0.4 is 10.1 Å². The number of thiazole rings is 1. The molecule has 0 radical (unpaired) electrons. The van der Waals surface area contributed by atoms with Crippen molar-refractivity contribution in [2.24, 2.45) is 5.92 Å². The Hall–Kier alpha value is -3.07. The van der Waals surface area contributed by atoms with Gasteiger partial charge in [0.05, 0.1) is 10.2 Å². The van der Waals surface area contributed by atoms with E-state index in [0.717, 1.165) is 21.3 Å². The maximum Gasteiger partial charge on any atom is 0.224 e. The van der Waals surface area contributed by atoms with Gasteiger partial charge in [0.25, 0.3) is 0 Å². The Labute approximate surface area is 178 Å². The van der Waals surface area contributed by atoms with Gasteiger partial charge in [0, 0.05) is 18.2 Å². The predicted molar refractivity (Wildman–Crippen MR) is 116 cm³/mol. The van der Waals surface area contributed by atoms with Crippen LogP contribution in [0.4, 0.5) is 5.13 Å². The molecule has 8 nitrogen and oxygen atoms in total. The van der Waals surface area contributed by atoms with Gasteiger partial charge in [0.2, 0.25) is 5.88 Å². The van der Waals surface area contributed by atoms with Crippen molar-refractivity contribution in [2.75, 3.05) is 5.32 Å². The Kier molecular flexibility index (Phi) is 5.27. The zero-order chi connectivity index (χ0) is 20.3. The monoisotopic (exact) mass is 421 g/mol. The summed E-state index contributed by atoms with van der Waals surface area (Å²) in [5.41, 5.74) is 0.969. The second kappa shape index (κ2) is 8.35. The molecule has 1 N–H and O–H groups in total. The molecule has 1 aliphatic carbocycles. The highest BCUT2D eigenvalue weighted by Gasteiger charge is 2.21. The maximum atomic E-state index is 5.96. The third-order valence-electron chi connectivity index (χ3n) is 5.57. The molecule has 4 aromatic rings. The largest absolute Gasteiger partial charge is 0.439 e. The van der Waals surface area contributed by atoms with Gasteiger partial charge in [-0.05, 0) is 37.8 Å². The van der Waals surface area contributed by atoms with Gasteiger partial charge in [0.15, 0.2) is 10.9 Å². The summed E-state index contributed by atoms with van der Waals surface area (Å²) in [6, 6.07) is 8.06. The van der Waals surface area contributed by atoms with Crippen molar-refractivity contribution in [3.63, 3.8) is 0 Å². The van der Waals surface area contributed by atoms with Crippen molar-refractivity contribution in [2.45, 2.75) is 45.1 Å². The van der Waals surface area contributed by atoms with Crippen LogP contribution in [0.2, 0.25) is 0 Å². The third-order valence-corrected chi connectivity index (χ3v) is 6.52. The number of aromatic nitrogens is 6. The average Bonchev–Trinajstić information content (AvgIpc) is 3.44. The lowest BCUT2D eigenvalue weighted by Gasteiger charge is -2.28. The number of hydrogen-bond acceptors (Lipinski definition) is 8. The van der Waals surface area contributed by atoms with E-state index >= 15 is 0 Å². The van der Waals surface area contributed by atoms with Crippen LogP contribution in [-0.2, 0) is 0 Å². The molecule has 3 heterocycles. The molecular weight excluding hydrogens is 398 g/mol. The number of benzene rings is 1. The lowest BCUT2D eigenvalue weighted by molar-refractivity contribution is 0.328. The van der Waals surface area contributed by atoms with Crippen LogP contribution in [0.5, 0.6) is 11.6 Å². The molecule has 9 heteroatoms. The number of ether oxygens (including phenoxy) is 1. The maximum absolute atomic E-state index is 5.96. The molecule has 1 aromatic carbocycles. The fourth-order valence-electron chi connectivity index (χ4n) is 3.94. The Morgan fingerprint density at radius 3 is 2.87 bits per heavy atom. The number of rotatable bonds is 6. The van der Waals surface area contributed by atoms with E-state index < -0.39 is 0 Å². The van der Waals surface area contributed by atoms with Gasteiger partial charge in [-0.15, -0.1) is 0 Å². The quantitative estimate of drug-likeness (QED) is 0.476. The minimum absolute atomic E-state index is 0.442. The molecule has 0 unspecified atom stereocenters. The highest BCUT2D eigenvalue weighted by Crippen LogP contribution is 2.33. The molecule has 5 rings (SSSR count). The van der Waals surface area contributed by atoms with E-state index in [1.54, 1.807) is 28.4 Å². The predicted octanol–water partition coefficient (Wildman–Crippen LogP) is 4.84. The first-order valence-corrected chi connectivity index (χ1v) is 11.1. The second-order valence-corrected chi connectivity index (χ2v) is 8.67. The first-order valence-electron chi connectivity index (χ1n) is 10.3. The number of nitrogens with one attached hydrogen (secondary N) is 1. The standard InChI is InChI=1S/C21H23N7OS/c1-14(15-5-3-2-4-6-15)26-21-27-17-8-7-16(9-18(17)30-21)29-20-10-19(23-12-24-20)28-13-22-11-25-28/h7-15H,2-6H2,1H3,(H,26,27)/t14-/m0/s1. The number of hydrogen-bond donors (Lipinski definition) is 1. The molecule has 0 bridgehead atoms. The molecule has 0 spiro atoms. The van der Waals surface area contributed by atoms with Crippen molar-refractivity contribution >= 4 is 26.7 Å². The van der Waals surface area contributed by atoms with Crippen LogP contribution in [0, 0.1) is 5.92 Å². The lowest BCUT2D eigenvalue weighted by Crippen LogP contribution is -2.27. The third kappa shape index (κ3) is 4.11. The van der Waals surface area contributed by atoms with Crippen molar-refractivity contribution in [3.05, 3.63) is 43.2 Å². The van der Waals surface area contributed by atoms with Crippen LogP contribution >= 0.6 is 11.3 Å². The highest BCUT2D eigenvalue weighted by molar-refractivity contribution is 7.22. The molecule has 30 heavy (non-hydrogen) atoms. The van der Waals surface area contributed by atoms with Crippen LogP contribution in [-0.4, -0.2) is 35.8 Å². The number of nitrogens with zero attached hydrogens (tertiary/aromatic N) is 6. The zero-order valence-electron chi connectivity index (χ0n) is 16.7. The fraction of sp³-hybridized carbons (Fsp3) is 0.381. The van der Waals surface area contributed by atoms with E-state index in [1.807, 2.05) is 18.2 Å². The summed E-state index contributed by atoms with van der Waals surface area (Å²) in [6.07, 6.45) is 11.2. The van der Waals surface area contributed by atoms with Gasteiger partial charge in [0.1, 0.15) is 24.7 Å². The van der Waals surface area contributed by atoms with Crippen LogP contribution in [0.15, 0.2) is 43.2 Å². The SMILES string of the molecule is C[C@H](Nc1nc2ccc(Oc3cc(-n4cncn4)ncn3)cc2s1)C1CCCCC1. The van der Waals surface area contributed by atoms with Crippen molar-refractivity contribution in [3.8, 4) is 17.4 Å². The van der Waals surface area contributed by atoms with Crippen molar-refractivity contribution in [1.29, 1.82) is 0 Å². The summed E-state index contributed by atoms with van der Waals surface area (Å²) in [7, 11) is 0. The molecule has 0 amide bonds. The first kappa shape index (κ1) is 18.9. The first-order chi connectivity index (χ1) is 14.7. The summed E-state index contributed by atoms with van der Waals surface area (Å²) < 4.78 is 8.60. The number of fused-ring (bicyclic) bond motifs is 1. The van der Waals surface area contributed by atoms with Crippen LogP contribution in [0.1, 0.15) is 39.0 Å². The number of anilines is 1. The molecule has 0 aliphatic heterocycles. The van der Waals surface area contributed by atoms with E-state index in [9.17, 15) is 0 Å². The van der Waals surface area contributed by atoms with Crippen LogP contribution in [0.25, 0.3) is 16.0 Å². The molecule has 1 aliphatic rings. The Morgan fingerprint density at radius 1 is 1.13 bits per heavy atom. The highest BCUT2D eigenvalue weighted by atomic mass is 32.1. The lowest BCUT2D eigenvalue weighted by atomic mass is 9.85. The van der Waals surface area contributed by atoms with Crippen molar-refractivity contribution < 1.29 is 4.74 Å². The second-order valence-electron chi connectivity index (χ2n) is 7.64. The summed E-state index contributed by atoms with van der Waals surface area (Å²) in [5, 5.41) is 8.67. The Balaban J connectivity index is 1.31. The van der Waals surface area contributed by atoms with Gasteiger partial charge in [-0.3, -0.25) is 0 Å².